The Balaban J connectivity index is 2.46. The molecule has 2 aromatic rings. The highest BCUT2D eigenvalue weighted by Gasteiger charge is 2.24. The molecule has 0 N–H and O–H groups in total. The van der Waals surface area contributed by atoms with E-state index in [-0.39, 0.29) is 5.41 Å². The molecule has 0 bridgehead atoms. The highest BCUT2D eigenvalue weighted by molar-refractivity contribution is 6.30. The van der Waals surface area contributed by atoms with Crippen molar-refractivity contribution >= 4 is 11.6 Å². The fourth-order valence-electron chi connectivity index (χ4n) is 1.66. The van der Waals surface area contributed by atoms with Crippen molar-refractivity contribution in [3.05, 3.63) is 59.0 Å². The first kappa shape index (κ1) is 10.3. The zero-order chi connectivity index (χ0) is 10.9. The number of furan rings is 1. The molecular weight excluding hydrogens is 208 g/mol. The largest absolute Gasteiger partial charge is 0.472 e. The molecule has 0 aliphatic rings. The van der Waals surface area contributed by atoms with Crippen LogP contribution in [0.2, 0.25) is 5.02 Å². The van der Waals surface area contributed by atoms with Crippen molar-refractivity contribution in [3.63, 3.8) is 0 Å². The van der Waals surface area contributed by atoms with E-state index in [9.17, 15) is 0 Å². The molecule has 0 radical (unpaired) electrons. The second-order valence-electron chi connectivity index (χ2n) is 4.15. The van der Waals surface area contributed by atoms with Crippen molar-refractivity contribution in [2.45, 2.75) is 19.3 Å². The van der Waals surface area contributed by atoms with Crippen molar-refractivity contribution in [1.82, 2.24) is 0 Å². The van der Waals surface area contributed by atoms with Crippen LogP contribution < -0.4 is 0 Å². The highest BCUT2D eigenvalue weighted by Crippen LogP contribution is 2.32. The van der Waals surface area contributed by atoms with Crippen LogP contribution in [0.15, 0.2) is 47.3 Å². The summed E-state index contributed by atoms with van der Waals surface area (Å²) < 4.78 is 5.12. The lowest BCUT2D eigenvalue weighted by Gasteiger charge is -2.23. The maximum atomic E-state index is 5.99. The summed E-state index contributed by atoms with van der Waals surface area (Å²) in [5, 5.41) is 0.768. The van der Waals surface area contributed by atoms with Crippen LogP contribution >= 0.6 is 11.6 Å². The molecule has 0 unspecified atom stereocenters. The van der Waals surface area contributed by atoms with E-state index in [1.807, 2.05) is 24.3 Å². The van der Waals surface area contributed by atoms with Crippen LogP contribution in [-0.2, 0) is 5.41 Å². The van der Waals surface area contributed by atoms with E-state index in [0.29, 0.717) is 0 Å². The molecule has 0 aliphatic heterocycles. The third-order valence-electron chi connectivity index (χ3n) is 2.79. The van der Waals surface area contributed by atoms with Crippen LogP contribution in [0, 0.1) is 0 Å². The van der Waals surface area contributed by atoms with Gasteiger partial charge in [0.05, 0.1) is 12.5 Å². The fourth-order valence-corrected chi connectivity index (χ4v) is 1.85. The van der Waals surface area contributed by atoms with Gasteiger partial charge in [-0.1, -0.05) is 37.6 Å². The van der Waals surface area contributed by atoms with Crippen molar-refractivity contribution in [1.29, 1.82) is 0 Å². The monoisotopic (exact) mass is 220 g/mol. The molecule has 2 rings (SSSR count). The second kappa shape index (κ2) is 3.74. The van der Waals surface area contributed by atoms with Crippen LogP contribution in [0.3, 0.4) is 0 Å². The Bertz CT molecular complexity index is 443. The first-order valence-corrected chi connectivity index (χ1v) is 5.27. The predicted molar refractivity (Wildman–Crippen MR) is 62.3 cm³/mol. The third-order valence-corrected chi connectivity index (χ3v) is 3.02. The van der Waals surface area contributed by atoms with Crippen molar-refractivity contribution < 1.29 is 4.42 Å². The first-order chi connectivity index (χ1) is 7.10. The predicted octanol–water partition coefficient (Wildman–Crippen LogP) is 4.26. The Kier molecular flexibility index (Phi) is 2.57. The van der Waals surface area contributed by atoms with Gasteiger partial charge >= 0.3 is 0 Å². The summed E-state index contributed by atoms with van der Waals surface area (Å²) in [6, 6.07) is 9.92. The van der Waals surface area contributed by atoms with Crippen molar-refractivity contribution in [2.24, 2.45) is 0 Å². The molecule has 0 spiro atoms. The lowest BCUT2D eigenvalue weighted by molar-refractivity contribution is 0.549. The van der Waals surface area contributed by atoms with Crippen LogP contribution in [-0.4, -0.2) is 0 Å². The Morgan fingerprint density at radius 2 is 1.93 bits per heavy atom. The Morgan fingerprint density at radius 1 is 1.13 bits per heavy atom. The topological polar surface area (TPSA) is 13.1 Å². The summed E-state index contributed by atoms with van der Waals surface area (Å²) in [7, 11) is 0. The van der Waals surface area contributed by atoms with Crippen molar-refractivity contribution in [3.8, 4) is 0 Å². The summed E-state index contributed by atoms with van der Waals surface area (Å²) in [6.07, 6.45) is 3.47. The number of hydrogen-bond acceptors (Lipinski definition) is 1. The molecule has 1 aromatic carbocycles. The fraction of sp³-hybridized carbons (Fsp3) is 0.231. The first-order valence-electron chi connectivity index (χ1n) is 4.89. The average molecular weight is 221 g/mol. The minimum Gasteiger partial charge on any atom is -0.472 e. The van der Waals surface area contributed by atoms with E-state index in [1.165, 1.54) is 5.56 Å². The lowest BCUT2D eigenvalue weighted by atomic mass is 9.79. The Morgan fingerprint density at radius 3 is 2.53 bits per heavy atom. The number of halogens is 1. The minimum atomic E-state index is -0.0715. The van der Waals surface area contributed by atoms with E-state index in [1.54, 1.807) is 12.5 Å². The zero-order valence-corrected chi connectivity index (χ0v) is 9.58. The zero-order valence-electron chi connectivity index (χ0n) is 8.83. The highest BCUT2D eigenvalue weighted by atomic mass is 35.5. The Labute approximate surface area is 94.7 Å². The molecule has 78 valence electrons. The molecule has 2 heteroatoms. The molecule has 0 aliphatic carbocycles. The van der Waals surface area contributed by atoms with Gasteiger partial charge in [0.1, 0.15) is 0 Å². The molecule has 0 fully saturated rings. The molecule has 0 saturated carbocycles. The van der Waals surface area contributed by atoms with Crippen LogP contribution in [0.25, 0.3) is 0 Å². The summed E-state index contributed by atoms with van der Waals surface area (Å²) in [6.45, 7) is 4.31. The van der Waals surface area contributed by atoms with Crippen LogP contribution in [0.5, 0.6) is 0 Å². The maximum Gasteiger partial charge on any atom is 0.0943 e. The summed E-state index contributed by atoms with van der Waals surface area (Å²) >= 11 is 5.99. The van der Waals surface area contributed by atoms with E-state index in [2.05, 4.69) is 19.9 Å². The van der Waals surface area contributed by atoms with Gasteiger partial charge in [-0.05, 0) is 23.8 Å². The van der Waals surface area contributed by atoms with Gasteiger partial charge in [-0.15, -0.1) is 0 Å². The van der Waals surface area contributed by atoms with E-state index < -0.39 is 0 Å². The van der Waals surface area contributed by atoms with Gasteiger partial charge in [0.2, 0.25) is 0 Å². The standard InChI is InChI=1S/C13H13ClO/c1-13(2,11-6-7-15-9-11)10-4-3-5-12(14)8-10/h3-9H,1-2H3. The van der Waals surface area contributed by atoms with Gasteiger partial charge < -0.3 is 4.42 Å². The number of benzene rings is 1. The molecule has 15 heavy (non-hydrogen) atoms. The van der Waals surface area contributed by atoms with Crippen LogP contribution in [0.4, 0.5) is 0 Å². The molecule has 1 nitrogen and oxygen atoms in total. The van der Waals surface area contributed by atoms with E-state index in [4.69, 9.17) is 16.0 Å². The summed E-state index contributed by atoms with van der Waals surface area (Å²) in [5.41, 5.74) is 2.28. The van der Waals surface area contributed by atoms with Crippen LogP contribution in [0.1, 0.15) is 25.0 Å². The van der Waals surface area contributed by atoms with Gasteiger partial charge in [0, 0.05) is 16.0 Å². The van der Waals surface area contributed by atoms with Gasteiger partial charge in [-0.2, -0.15) is 0 Å². The smallest absolute Gasteiger partial charge is 0.0943 e. The molecule has 1 aromatic heterocycles. The van der Waals surface area contributed by atoms with Crippen molar-refractivity contribution in [2.75, 3.05) is 0 Å². The average Bonchev–Trinajstić information content (AvgIpc) is 2.71. The summed E-state index contributed by atoms with van der Waals surface area (Å²) in [4.78, 5) is 0. The molecule has 0 amide bonds. The van der Waals surface area contributed by atoms with Gasteiger partial charge in [0.15, 0.2) is 0 Å². The maximum absolute atomic E-state index is 5.99. The van der Waals surface area contributed by atoms with Gasteiger partial charge in [-0.3, -0.25) is 0 Å². The van der Waals surface area contributed by atoms with E-state index >= 15 is 0 Å². The SMILES string of the molecule is CC(C)(c1ccoc1)c1cccc(Cl)c1. The Hall–Kier alpha value is -1.21. The molecule has 0 atom stereocenters. The third kappa shape index (κ3) is 1.93. The number of rotatable bonds is 2. The lowest BCUT2D eigenvalue weighted by Crippen LogP contribution is -2.17. The molecule has 1 heterocycles. The van der Waals surface area contributed by atoms with Gasteiger partial charge in [-0.25, -0.2) is 0 Å². The quantitative estimate of drug-likeness (QED) is 0.737. The van der Waals surface area contributed by atoms with Gasteiger partial charge in [0.25, 0.3) is 0 Å². The molecule has 0 saturated heterocycles. The molecular formula is C13H13ClO. The minimum absolute atomic E-state index is 0.0715. The normalized spacial score (nSPS) is 11.7. The second-order valence-corrected chi connectivity index (χ2v) is 4.58. The summed E-state index contributed by atoms with van der Waals surface area (Å²) in [5.74, 6) is 0. The van der Waals surface area contributed by atoms with E-state index in [0.717, 1.165) is 10.6 Å². The number of hydrogen-bond donors (Lipinski definition) is 0.